The number of likely N-dealkylation sites (N-methyl/N-ethyl adjacent to an activating group) is 1. The van der Waals surface area contributed by atoms with Crippen LogP contribution in [0.25, 0.3) is 0 Å². The Bertz CT molecular complexity index is 732. The minimum atomic E-state index is -0.779. The van der Waals surface area contributed by atoms with Gasteiger partial charge in [0.1, 0.15) is 6.54 Å². The molecular weight excluding hydrogens is 340 g/mol. The largest absolute Gasteiger partial charge is 0.475 e. The molecule has 1 unspecified atom stereocenters. The van der Waals surface area contributed by atoms with Crippen molar-refractivity contribution >= 4 is 23.5 Å². The lowest BCUT2D eigenvalue weighted by Crippen LogP contribution is -2.51. The molecule has 0 spiro atoms. The third kappa shape index (κ3) is 3.47. The normalized spacial score (nSPS) is 20.3. The van der Waals surface area contributed by atoms with E-state index < -0.39 is 22.8 Å². The highest BCUT2D eigenvalue weighted by Gasteiger charge is 2.38. The molecule has 1 aromatic rings. The van der Waals surface area contributed by atoms with Crippen molar-refractivity contribution in [1.29, 1.82) is 0 Å². The second-order valence-electron chi connectivity index (χ2n) is 6.73. The molecule has 1 saturated carbocycles. The van der Waals surface area contributed by atoms with Gasteiger partial charge in [0.2, 0.25) is 5.91 Å². The number of hydrogen-bond acceptors (Lipinski definition) is 6. The molecule has 0 saturated heterocycles. The first-order valence-electron chi connectivity index (χ1n) is 8.77. The van der Waals surface area contributed by atoms with E-state index in [1.165, 1.54) is 23.5 Å². The van der Waals surface area contributed by atoms with Crippen LogP contribution in [0.4, 0.5) is 11.6 Å². The average molecular weight is 362 g/mol. The van der Waals surface area contributed by atoms with Crippen molar-refractivity contribution in [2.75, 3.05) is 18.5 Å². The summed E-state index contributed by atoms with van der Waals surface area (Å²) in [6, 6.07) is 2.80. The Hall–Kier alpha value is -2.71. The van der Waals surface area contributed by atoms with Crippen molar-refractivity contribution in [3.05, 3.63) is 22.2 Å². The molecule has 2 heterocycles. The summed E-state index contributed by atoms with van der Waals surface area (Å²) in [7, 11) is 1.74. The Morgan fingerprint density at radius 3 is 2.73 bits per heavy atom. The zero-order valence-electron chi connectivity index (χ0n) is 14.9. The van der Waals surface area contributed by atoms with E-state index in [1.54, 1.807) is 18.9 Å². The van der Waals surface area contributed by atoms with Gasteiger partial charge >= 0.3 is 5.82 Å². The molecule has 0 radical (unpaired) electrons. The van der Waals surface area contributed by atoms with E-state index in [9.17, 15) is 19.7 Å². The van der Waals surface area contributed by atoms with Crippen LogP contribution < -0.4 is 9.64 Å². The smallest absolute Gasteiger partial charge is 0.366 e. The molecule has 0 N–H and O–H groups in total. The van der Waals surface area contributed by atoms with E-state index in [4.69, 9.17) is 4.74 Å². The molecular formula is C17H22N4O5. The fraction of sp³-hybridized carbons (Fsp3) is 0.588. The maximum Gasteiger partial charge on any atom is 0.366 e. The topological polar surface area (TPSA) is 106 Å². The van der Waals surface area contributed by atoms with Crippen molar-refractivity contribution in [1.82, 2.24) is 9.88 Å². The lowest BCUT2D eigenvalue weighted by molar-refractivity contribution is -0.389. The van der Waals surface area contributed by atoms with E-state index in [0.717, 1.165) is 25.7 Å². The lowest BCUT2D eigenvalue weighted by atomic mass is 9.94. The number of rotatable bonds is 4. The fourth-order valence-electron chi connectivity index (χ4n) is 3.45. The van der Waals surface area contributed by atoms with Gasteiger partial charge in [-0.15, -0.1) is 0 Å². The predicted molar refractivity (Wildman–Crippen MR) is 93.0 cm³/mol. The predicted octanol–water partition coefficient (Wildman–Crippen LogP) is 1.89. The molecule has 1 fully saturated rings. The van der Waals surface area contributed by atoms with Gasteiger partial charge in [0, 0.05) is 19.2 Å². The van der Waals surface area contributed by atoms with Crippen LogP contribution >= 0.6 is 0 Å². The highest BCUT2D eigenvalue weighted by Crippen LogP contribution is 2.34. The Labute approximate surface area is 151 Å². The molecule has 140 valence electrons. The van der Waals surface area contributed by atoms with Crippen molar-refractivity contribution in [2.45, 2.75) is 51.2 Å². The zero-order valence-corrected chi connectivity index (χ0v) is 14.9. The van der Waals surface area contributed by atoms with Crippen LogP contribution in [0.15, 0.2) is 12.1 Å². The Balaban J connectivity index is 1.84. The lowest BCUT2D eigenvalue weighted by Gasteiger charge is -2.34. The van der Waals surface area contributed by atoms with E-state index in [0.29, 0.717) is 0 Å². The number of nitrogens with zero attached hydrogens (tertiary/aromatic N) is 4. The van der Waals surface area contributed by atoms with Gasteiger partial charge in [0.15, 0.2) is 11.9 Å². The van der Waals surface area contributed by atoms with Crippen LogP contribution in [0.1, 0.15) is 39.0 Å². The fourth-order valence-corrected chi connectivity index (χ4v) is 3.45. The van der Waals surface area contributed by atoms with Gasteiger partial charge in [-0.3, -0.25) is 14.5 Å². The number of carbonyl (C=O) groups is 2. The van der Waals surface area contributed by atoms with Crippen LogP contribution in [0.5, 0.6) is 5.75 Å². The number of aromatic nitrogens is 1. The summed E-state index contributed by atoms with van der Waals surface area (Å²) in [4.78, 5) is 42.4. The first-order valence-corrected chi connectivity index (χ1v) is 8.77. The number of pyridine rings is 1. The second kappa shape index (κ2) is 7.27. The number of amides is 2. The van der Waals surface area contributed by atoms with Crippen molar-refractivity contribution < 1.29 is 19.2 Å². The SMILES string of the molecule is CC1Oc2ccc([N+](=O)[O-])nc2N(CC(=O)N(C)C2CCCCC2)C1=O. The number of carbonyl (C=O) groups excluding carboxylic acids is 2. The van der Waals surface area contributed by atoms with Gasteiger partial charge in [0.25, 0.3) is 11.7 Å². The van der Waals surface area contributed by atoms with Crippen molar-refractivity contribution in [3.63, 3.8) is 0 Å². The monoisotopic (exact) mass is 362 g/mol. The Kier molecular flexibility index (Phi) is 5.06. The third-order valence-corrected chi connectivity index (χ3v) is 4.99. The van der Waals surface area contributed by atoms with Gasteiger partial charge in [-0.05, 0) is 35.7 Å². The molecule has 9 heteroatoms. The molecule has 26 heavy (non-hydrogen) atoms. The molecule has 0 aromatic carbocycles. The van der Waals surface area contributed by atoms with Gasteiger partial charge in [0.05, 0.1) is 0 Å². The molecule has 2 amide bonds. The zero-order chi connectivity index (χ0) is 18.8. The second-order valence-corrected chi connectivity index (χ2v) is 6.73. The van der Waals surface area contributed by atoms with Crippen molar-refractivity contribution in [2.24, 2.45) is 0 Å². The first kappa shape index (κ1) is 18.1. The maximum atomic E-state index is 12.7. The van der Waals surface area contributed by atoms with E-state index >= 15 is 0 Å². The molecule has 2 aliphatic rings. The number of hydrogen-bond donors (Lipinski definition) is 0. The standard InChI is InChI=1S/C17H22N4O5/c1-11-17(23)20(10-15(22)19(2)12-6-4-3-5-7-12)16-13(26-11)8-9-14(18-16)21(24)25/h8-9,11-12H,3-7,10H2,1-2H3. The highest BCUT2D eigenvalue weighted by molar-refractivity contribution is 6.02. The molecule has 1 atom stereocenters. The van der Waals surface area contributed by atoms with E-state index in [2.05, 4.69) is 4.98 Å². The summed E-state index contributed by atoms with van der Waals surface area (Å²) in [5.41, 5.74) is 0. The summed E-state index contributed by atoms with van der Waals surface area (Å²) in [6.07, 6.45) is 4.49. The molecule has 0 bridgehead atoms. The van der Waals surface area contributed by atoms with Crippen LogP contribution in [-0.4, -0.2) is 52.4 Å². The summed E-state index contributed by atoms with van der Waals surface area (Å²) in [5, 5.41) is 11.0. The summed E-state index contributed by atoms with van der Waals surface area (Å²) in [6.45, 7) is 1.37. The Morgan fingerprint density at radius 1 is 1.38 bits per heavy atom. The third-order valence-electron chi connectivity index (χ3n) is 4.99. The number of ether oxygens (including phenoxy) is 1. The van der Waals surface area contributed by atoms with Gasteiger partial charge < -0.3 is 19.8 Å². The summed E-state index contributed by atoms with van der Waals surface area (Å²) < 4.78 is 5.47. The van der Waals surface area contributed by atoms with Crippen LogP contribution in [0.2, 0.25) is 0 Å². The number of nitro groups is 1. The number of fused-ring (bicyclic) bond motifs is 1. The van der Waals surface area contributed by atoms with Gasteiger partial charge in [-0.25, -0.2) is 0 Å². The van der Waals surface area contributed by atoms with Crippen molar-refractivity contribution in [3.8, 4) is 5.75 Å². The van der Waals surface area contributed by atoms with Gasteiger partial charge in [-0.1, -0.05) is 19.3 Å². The van der Waals surface area contributed by atoms with E-state index in [1.807, 2.05) is 0 Å². The van der Waals surface area contributed by atoms with Crippen LogP contribution in [-0.2, 0) is 9.59 Å². The maximum absolute atomic E-state index is 12.7. The molecule has 1 aliphatic heterocycles. The minimum absolute atomic E-state index is 0.0210. The Morgan fingerprint density at radius 2 is 2.08 bits per heavy atom. The first-order chi connectivity index (χ1) is 12.4. The summed E-state index contributed by atoms with van der Waals surface area (Å²) in [5.74, 6) is -0.759. The number of anilines is 1. The quantitative estimate of drug-likeness (QED) is 0.598. The molecule has 1 aromatic heterocycles. The average Bonchev–Trinajstić information content (AvgIpc) is 2.65. The molecule has 1 aliphatic carbocycles. The van der Waals surface area contributed by atoms with Crippen LogP contribution in [0, 0.1) is 10.1 Å². The molecule has 3 rings (SSSR count). The minimum Gasteiger partial charge on any atom is -0.475 e. The molecule has 9 nitrogen and oxygen atoms in total. The van der Waals surface area contributed by atoms with Crippen LogP contribution in [0.3, 0.4) is 0 Å². The highest BCUT2D eigenvalue weighted by atomic mass is 16.6. The van der Waals surface area contributed by atoms with Gasteiger partial charge in [-0.2, -0.15) is 0 Å². The van der Waals surface area contributed by atoms with E-state index in [-0.39, 0.29) is 30.1 Å². The summed E-state index contributed by atoms with van der Waals surface area (Å²) >= 11 is 0.